The predicted molar refractivity (Wildman–Crippen MR) is 161 cm³/mol. The Kier molecular flexibility index (Phi) is 9.28. The van der Waals surface area contributed by atoms with Crippen LogP contribution >= 0.6 is 15.9 Å². The maximum Gasteiger partial charge on any atom is 0.238 e. The number of hydrogen-bond acceptors (Lipinski definition) is 8. The minimum atomic E-state index is -0.420. The number of nitrogens with zero attached hydrogens (tertiary/aromatic N) is 4. The van der Waals surface area contributed by atoms with Crippen molar-refractivity contribution < 1.29 is 9.53 Å². The third kappa shape index (κ3) is 7.49. The lowest BCUT2D eigenvalue weighted by Gasteiger charge is -2.34. The maximum absolute atomic E-state index is 12.5. The molecule has 2 aromatic carbocycles. The molecule has 40 heavy (non-hydrogen) atoms. The Labute approximate surface area is 244 Å². The number of aryl methyl sites for hydroxylation is 2. The highest BCUT2D eigenvalue weighted by atomic mass is 79.9. The van der Waals surface area contributed by atoms with Crippen LogP contribution in [0.4, 0.5) is 11.6 Å². The van der Waals surface area contributed by atoms with Crippen LogP contribution in [0.5, 0.6) is 11.6 Å². The molecule has 4 rings (SSSR count). The van der Waals surface area contributed by atoms with E-state index in [1.807, 2.05) is 39.8 Å². The highest BCUT2D eigenvalue weighted by Gasteiger charge is 2.22. The Hall–Kier alpha value is -3.68. The zero-order valence-corrected chi connectivity index (χ0v) is 25.0. The number of halogens is 1. The summed E-state index contributed by atoms with van der Waals surface area (Å²) < 4.78 is 6.81. The lowest BCUT2D eigenvalue weighted by atomic mass is 10.0. The fourth-order valence-corrected chi connectivity index (χ4v) is 5.02. The number of nitriles is 1. The molecule has 2 heterocycles. The van der Waals surface area contributed by atoms with Crippen LogP contribution in [0.2, 0.25) is 0 Å². The molecule has 0 radical (unpaired) electrons. The molecule has 0 spiro atoms. The van der Waals surface area contributed by atoms with E-state index in [2.05, 4.69) is 59.6 Å². The van der Waals surface area contributed by atoms with Crippen molar-refractivity contribution in [2.45, 2.75) is 58.5 Å². The van der Waals surface area contributed by atoms with Crippen LogP contribution in [0.3, 0.4) is 0 Å². The zero-order valence-electron chi connectivity index (χ0n) is 23.4. The van der Waals surface area contributed by atoms with Crippen molar-refractivity contribution in [2.24, 2.45) is 5.73 Å². The summed E-state index contributed by atoms with van der Waals surface area (Å²) in [5, 5.41) is 15.7. The first-order valence-electron chi connectivity index (χ1n) is 13.4. The molecule has 0 saturated carbocycles. The van der Waals surface area contributed by atoms with Crippen LogP contribution in [0.1, 0.15) is 48.9 Å². The summed E-state index contributed by atoms with van der Waals surface area (Å²) in [6.07, 6.45) is 3.84. The van der Waals surface area contributed by atoms with E-state index >= 15 is 0 Å². The quantitative estimate of drug-likeness (QED) is 0.311. The first-order chi connectivity index (χ1) is 19.1. The number of hydrogen-bond donors (Lipinski definition) is 3. The Morgan fingerprint density at radius 2 is 1.93 bits per heavy atom. The summed E-state index contributed by atoms with van der Waals surface area (Å²) in [6, 6.07) is 14.2. The van der Waals surface area contributed by atoms with Crippen LogP contribution in [-0.4, -0.2) is 47.1 Å². The monoisotopic (exact) mass is 605 g/mol. The lowest BCUT2D eigenvalue weighted by Crippen LogP contribution is -2.49. The predicted octanol–water partition coefficient (Wildman–Crippen LogP) is 5.00. The molecule has 1 aromatic heterocycles. The fourth-order valence-electron chi connectivity index (χ4n) is 4.75. The van der Waals surface area contributed by atoms with Gasteiger partial charge in [-0.1, -0.05) is 12.1 Å². The summed E-state index contributed by atoms with van der Waals surface area (Å²) in [5.74, 6) is 1.58. The van der Waals surface area contributed by atoms with Crippen molar-refractivity contribution in [1.29, 1.82) is 5.26 Å². The van der Waals surface area contributed by atoms with Crippen LogP contribution in [-0.2, 0) is 11.2 Å². The van der Waals surface area contributed by atoms with E-state index < -0.39 is 5.54 Å². The van der Waals surface area contributed by atoms with Gasteiger partial charge in [-0.3, -0.25) is 4.79 Å². The second kappa shape index (κ2) is 12.7. The van der Waals surface area contributed by atoms with Gasteiger partial charge in [0.25, 0.3) is 0 Å². The molecular weight excluding hydrogens is 570 g/mol. The molecule has 1 amide bonds. The molecule has 0 bridgehead atoms. The second-order valence-corrected chi connectivity index (χ2v) is 11.7. The summed E-state index contributed by atoms with van der Waals surface area (Å²) >= 11 is 3.50. The van der Waals surface area contributed by atoms with E-state index in [1.165, 1.54) is 0 Å². The number of aromatic nitrogens is 2. The Balaban J connectivity index is 1.36. The van der Waals surface area contributed by atoms with Gasteiger partial charge in [0.05, 0.1) is 28.7 Å². The minimum Gasteiger partial charge on any atom is -0.437 e. The summed E-state index contributed by atoms with van der Waals surface area (Å²) in [6.45, 7) is 9.80. The van der Waals surface area contributed by atoms with Gasteiger partial charge in [-0.05, 0) is 97.4 Å². The van der Waals surface area contributed by atoms with Gasteiger partial charge in [0.15, 0.2) is 0 Å². The second-order valence-electron chi connectivity index (χ2n) is 10.9. The van der Waals surface area contributed by atoms with Crippen LogP contribution in [0.15, 0.2) is 47.1 Å². The molecule has 1 fully saturated rings. The third-order valence-corrected chi connectivity index (χ3v) is 7.50. The molecule has 1 saturated heterocycles. The van der Waals surface area contributed by atoms with Gasteiger partial charge in [0.1, 0.15) is 5.75 Å². The minimum absolute atomic E-state index is 0.0298. The van der Waals surface area contributed by atoms with Gasteiger partial charge in [0.2, 0.25) is 17.7 Å². The van der Waals surface area contributed by atoms with Crippen molar-refractivity contribution >= 4 is 33.5 Å². The molecule has 3 aromatic rings. The average molecular weight is 607 g/mol. The number of ether oxygens (including phenoxy) is 1. The van der Waals surface area contributed by atoms with Crippen molar-refractivity contribution in [2.75, 3.05) is 29.9 Å². The van der Waals surface area contributed by atoms with Gasteiger partial charge in [-0.15, -0.1) is 0 Å². The number of benzene rings is 2. The molecular formula is C30H36BrN7O2. The molecule has 1 aliphatic rings. The number of carbonyl (C=O) groups excluding carboxylic acids is 1. The van der Waals surface area contributed by atoms with E-state index in [4.69, 9.17) is 10.5 Å². The first kappa shape index (κ1) is 29.3. The van der Waals surface area contributed by atoms with Crippen LogP contribution < -0.4 is 26.0 Å². The largest absolute Gasteiger partial charge is 0.437 e. The number of rotatable bonds is 9. The molecule has 1 aliphatic heterocycles. The number of amides is 1. The number of piperidine rings is 1. The first-order valence-corrected chi connectivity index (χ1v) is 14.2. The van der Waals surface area contributed by atoms with Crippen molar-refractivity contribution in [3.63, 3.8) is 0 Å². The number of carbonyl (C=O) groups is 1. The lowest BCUT2D eigenvalue weighted by molar-refractivity contribution is -0.121. The topological polar surface area (TPSA) is 129 Å². The fraction of sp³-hybridized carbons (Fsp3) is 0.400. The third-order valence-electron chi connectivity index (χ3n) is 6.96. The van der Waals surface area contributed by atoms with E-state index in [0.717, 1.165) is 48.3 Å². The van der Waals surface area contributed by atoms with E-state index in [1.54, 1.807) is 18.3 Å². The Bertz CT molecular complexity index is 1390. The van der Waals surface area contributed by atoms with Crippen LogP contribution in [0.25, 0.3) is 0 Å². The zero-order chi connectivity index (χ0) is 28.9. The number of nitrogens with two attached hydrogens (primary N) is 1. The maximum atomic E-state index is 12.5. The number of anilines is 2. The summed E-state index contributed by atoms with van der Waals surface area (Å²) in [5.41, 5.74) is 9.75. The molecule has 0 atom stereocenters. The molecule has 0 aliphatic carbocycles. The van der Waals surface area contributed by atoms with Gasteiger partial charge in [-0.25, -0.2) is 4.98 Å². The highest BCUT2D eigenvalue weighted by Crippen LogP contribution is 2.33. The number of nitrogens with one attached hydrogen (secondary N) is 2. The van der Waals surface area contributed by atoms with Crippen molar-refractivity contribution in [3.05, 3.63) is 69.3 Å². The Morgan fingerprint density at radius 1 is 1.23 bits per heavy atom. The molecule has 210 valence electrons. The SMILES string of the molecule is Cc1cc(C#N)cc(C)c1Oc1nc(NC2CCN(c3cccc(CC(=O)NC(C)(C)CN)c3)CC2)ncc1Br. The summed E-state index contributed by atoms with van der Waals surface area (Å²) in [7, 11) is 0. The Morgan fingerprint density at radius 3 is 2.58 bits per heavy atom. The standard InChI is InChI=1S/C30H36BrN7O2/c1-19-12-22(16-32)13-20(2)27(19)40-28-25(31)17-34-29(36-28)35-23-8-10-38(11-9-23)24-7-5-6-21(14-24)15-26(39)37-30(3,4)18-33/h5-7,12-14,17,23H,8-11,15,18,33H2,1-4H3,(H,37,39)(H,34,35,36). The van der Waals surface area contributed by atoms with E-state index in [-0.39, 0.29) is 11.9 Å². The normalized spacial score (nSPS) is 14.0. The van der Waals surface area contributed by atoms with Gasteiger partial charge in [-0.2, -0.15) is 10.2 Å². The molecule has 9 nitrogen and oxygen atoms in total. The molecule has 4 N–H and O–H groups in total. The van der Waals surface area contributed by atoms with Gasteiger partial charge >= 0.3 is 0 Å². The van der Waals surface area contributed by atoms with E-state index in [0.29, 0.717) is 40.6 Å². The average Bonchev–Trinajstić information content (AvgIpc) is 2.92. The van der Waals surface area contributed by atoms with Gasteiger partial charge in [0, 0.05) is 36.9 Å². The van der Waals surface area contributed by atoms with Crippen molar-refractivity contribution in [3.8, 4) is 17.7 Å². The molecule has 0 unspecified atom stereocenters. The summed E-state index contributed by atoms with van der Waals surface area (Å²) in [4.78, 5) is 23.9. The van der Waals surface area contributed by atoms with Gasteiger partial charge < -0.3 is 26.0 Å². The highest BCUT2D eigenvalue weighted by molar-refractivity contribution is 9.10. The van der Waals surface area contributed by atoms with E-state index in [9.17, 15) is 10.1 Å². The van der Waals surface area contributed by atoms with Crippen LogP contribution in [0, 0.1) is 25.2 Å². The smallest absolute Gasteiger partial charge is 0.238 e. The van der Waals surface area contributed by atoms with Crippen molar-refractivity contribution in [1.82, 2.24) is 15.3 Å². The molecule has 10 heteroatoms.